The Morgan fingerprint density at radius 3 is 2.69 bits per heavy atom. The predicted molar refractivity (Wildman–Crippen MR) is 65.4 cm³/mol. The van der Waals surface area contributed by atoms with Crippen LogP contribution in [0.3, 0.4) is 0 Å². The highest BCUT2D eigenvalue weighted by molar-refractivity contribution is 7.92. The molecule has 1 aromatic carbocycles. The zero-order chi connectivity index (χ0) is 12.3. The molecule has 88 valence electrons. The number of benzene rings is 1. The second-order valence-electron chi connectivity index (χ2n) is 3.06. The molecule has 0 saturated carbocycles. The van der Waals surface area contributed by atoms with Gasteiger partial charge in [-0.2, -0.15) is 0 Å². The Balaban J connectivity index is 3.19. The van der Waals surface area contributed by atoms with Gasteiger partial charge in [0.2, 0.25) is 10.0 Å². The topological polar surface area (TPSA) is 72.2 Å². The average Bonchev–Trinajstić information content (AvgIpc) is 2.20. The van der Waals surface area contributed by atoms with E-state index in [2.05, 4.69) is 4.72 Å². The molecule has 0 amide bonds. The zero-order valence-corrected chi connectivity index (χ0v) is 10.2. The van der Waals surface area contributed by atoms with E-state index in [0.717, 1.165) is 12.1 Å². The first kappa shape index (κ1) is 12.9. The third-order valence-electron chi connectivity index (χ3n) is 1.89. The molecule has 0 atom stereocenters. The van der Waals surface area contributed by atoms with E-state index < -0.39 is 15.8 Å². The minimum absolute atomic E-state index is 0.0618. The van der Waals surface area contributed by atoms with Crippen molar-refractivity contribution < 1.29 is 12.8 Å². The normalized spacial score (nSPS) is 11.1. The lowest BCUT2D eigenvalue weighted by atomic mass is 10.2. The zero-order valence-electron chi connectivity index (χ0n) is 8.53. The van der Waals surface area contributed by atoms with Gasteiger partial charge in [0.15, 0.2) is 0 Å². The summed E-state index contributed by atoms with van der Waals surface area (Å²) in [5.74, 6) is -0.608. The Kier molecular flexibility index (Phi) is 3.82. The Labute approximate surface area is 98.7 Å². The van der Waals surface area contributed by atoms with Gasteiger partial charge in [0.05, 0.1) is 11.4 Å². The highest BCUT2D eigenvalue weighted by Gasteiger charge is 2.12. The summed E-state index contributed by atoms with van der Waals surface area (Å²) in [4.78, 5) is -0.0618. The van der Waals surface area contributed by atoms with Crippen LogP contribution >= 0.6 is 12.2 Å². The monoisotopic (exact) mass is 262 g/mol. The second kappa shape index (κ2) is 4.75. The third kappa shape index (κ3) is 3.14. The van der Waals surface area contributed by atoms with Crippen LogP contribution in [-0.2, 0) is 10.0 Å². The van der Waals surface area contributed by atoms with Crippen LogP contribution in [0.15, 0.2) is 18.2 Å². The molecule has 1 aromatic rings. The van der Waals surface area contributed by atoms with Crippen molar-refractivity contribution in [2.45, 2.75) is 6.92 Å². The van der Waals surface area contributed by atoms with Gasteiger partial charge >= 0.3 is 0 Å². The van der Waals surface area contributed by atoms with Gasteiger partial charge in [-0.25, -0.2) is 12.8 Å². The molecule has 3 N–H and O–H groups in total. The summed E-state index contributed by atoms with van der Waals surface area (Å²) in [6.07, 6.45) is 0. The van der Waals surface area contributed by atoms with Crippen molar-refractivity contribution in [3.05, 3.63) is 29.6 Å². The van der Waals surface area contributed by atoms with Gasteiger partial charge in [0.1, 0.15) is 10.8 Å². The van der Waals surface area contributed by atoms with E-state index in [0.29, 0.717) is 0 Å². The summed E-state index contributed by atoms with van der Waals surface area (Å²) in [7, 11) is -3.43. The van der Waals surface area contributed by atoms with Gasteiger partial charge in [-0.05, 0) is 25.1 Å². The van der Waals surface area contributed by atoms with Crippen molar-refractivity contribution in [2.75, 3.05) is 10.5 Å². The number of thiocarbonyl (C=S) groups is 1. The number of nitrogens with one attached hydrogen (secondary N) is 1. The van der Waals surface area contributed by atoms with Crippen LogP contribution < -0.4 is 10.5 Å². The Hall–Kier alpha value is -1.21. The second-order valence-corrected chi connectivity index (χ2v) is 5.51. The number of rotatable bonds is 4. The van der Waals surface area contributed by atoms with Crippen molar-refractivity contribution in [3.63, 3.8) is 0 Å². The van der Waals surface area contributed by atoms with E-state index in [-0.39, 0.29) is 22.0 Å². The smallest absolute Gasteiger partial charge is 0.232 e. The first-order chi connectivity index (χ1) is 7.35. The molecule has 0 unspecified atom stereocenters. The molecule has 16 heavy (non-hydrogen) atoms. The molecular weight excluding hydrogens is 251 g/mol. The number of nitrogens with two attached hydrogens (primary N) is 1. The van der Waals surface area contributed by atoms with Crippen LogP contribution in [0.1, 0.15) is 12.5 Å². The molecule has 0 heterocycles. The summed E-state index contributed by atoms with van der Waals surface area (Å²) in [5.41, 5.74) is 5.74. The van der Waals surface area contributed by atoms with Crippen LogP contribution in [0.4, 0.5) is 10.1 Å². The molecule has 0 aliphatic rings. The molecular formula is C9H11FN2O2S2. The van der Waals surface area contributed by atoms with E-state index in [1.807, 2.05) is 0 Å². The molecule has 4 nitrogen and oxygen atoms in total. The summed E-state index contributed by atoms with van der Waals surface area (Å²) in [6.45, 7) is 1.49. The first-order valence-corrected chi connectivity index (χ1v) is 6.51. The van der Waals surface area contributed by atoms with Crippen molar-refractivity contribution in [3.8, 4) is 0 Å². The number of anilines is 1. The Morgan fingerprint density at radius 1 is 1.56 bits per heavy atom. The van der Waals surface area contributed by atoms with E-state index in [4.69, 9.17) is 18.0 Å². The van der Waals surface area contributed by atoms with Gasteiger partial charge in [0.25, 0.3) is 0 Å². The Morgan fingerprint density at radius 2 is 2.19 bits per heavy atom. The number of hydrogen-bond donors (Lipinski definition) is 2. The molecule has 0 radical (unpaired) electrons. The average molecular weight is 262 g/mol. The van der Waals surface area contributed by atoms with E-state index in [9.17, 15) is 12.8 Å². The van der Waals surface area contributed by atoms with Gasteiger partial charge in [-0.3, -0.25) is 4.72 Å². The van der Waals surface area contributed by atoms with Crippen LogP contribution in [0.25, 0.3) is 0 Å². The molecule has 1 rings (SSSR count). The maximum Gasteiger partial charge on any atom is 0.232 e. The summed E-state index contributed by atoms with van der Waals surface area (Å²) in [6, 6.07) is 3.52. The fourth-order valence-corrected chi connectivity index (χ4v) is 1.88. The van der Waals surface area contributed by atoms with E-state index in [1.165, 1.54) is 13.0 Å². The van der Waals surface area contributed by atoms with Crippen molar-refractivity contribution in [2.24, 2.45) is 5.73 Å². The minimum atomic E-state index is -3.43. The maximum atomic E-state index is 12.9. The standard InChI is InChI=1S/C9H11FN2O2S2/c1-2-16(13,14)12-8-4-3-6(10)5-7(8)9(11)15/h3-5,12H,2H2,1H3,(H2,11,15). The molecule has 0 bridgehead atoms. The van der Waals surface area contributed by atoms with Gasteiger partial charge in [0, 0.05) is 5.56 Å². The largest absolute Gasteiger partial charge is 0.389 e. The van der Waals surface area contributed by atoms with Gasteiger partial charge < -0.3 is 5.73 Å². The quantitative estimate of drug-likeness (QED) is 0.800. The number of hydrogen-bond acceptors (Lipinski definition) is 3. The first-order valence-electron chi connectivity index (χ1n) is 4.45. The summed E-state index contributed by atoms with van der Waals surface area (Å²) >= 11 is 4.71. The van der Waals surface area contributed by atoms with Crippen LogP contribution in [-0.4, -0.2) is 19.2 Å². The van der Waals surface area contributed by atoms with Crippen LogP contribution in [0, 0.1) is 5.82 Å². The highest BCUT2D eigenvalue weighted by atomic mass is 32.2. The van der Waals surface area contributed by atoms with Gasteiger partial charge in [-0.1, -0.05) is 12.2 Å². The molecule has 0 fully saturated rings. The lowest BCUT2D eigenvalue weighted by molar-refractivity contribution is 0.602. The molecule has 0 saturated heterocycles. The van der Waals surface area contributed by atoms with Crippen molar-refractivity contribution >= 4 is 32.9 Å². The SMILES string of the molecule is CCS(=O)(=O)Nc1ccc(F)cc1C(N)=S. The highest BCUT2D eigenvalue weighted by Crippen LogP contribution is 2.18. The number of sulfonamides is 1. The Bertz CT molecular complexity index is 514. The lowest BCUT2D eigenvalue weighted by Gasteiger charge is -2.10. The van der Waals surface area contributed by atoms with E-state index in [1.54, 1.807) is 0 Å². The fraction of sp³-hybridized carbons (Fsp3) is 0.222. The molecule has 0 spiro atoms. The fourth-order valence-electron chi connectivity index (χ4n) is 1.05. The van der Waals surface area contributed by atoms with Crippen LogP contribution in [0.2, 0.25) is 0 Å². The van der Waals surface area contributed by atoms with E-state index >= 15 is 0 Å². The number of halogens is 1. The summed E-state index contributed by atoms with van der Waals surface area (Å²) < 4.78 is 37.9. The van der Waals surface area contributed by atoms with Crippen molar-refractivity contribution in [1.82, 2.24) is 0 Å². The third-order valence-corrected chi connectivity index (χ3v) is 3.40. The molecule has 0 aliphatic heterocycles. The van der Waals surface area contributed by atoms with Gasteiger partial charge in [-0.15, -0.1) is 0 Å². The minimum Gasteiger partial charge on any atom is -0.389 e. The maximum absolute atomic E-state index is 12.9. The predicted octanol–water partition coefficient (Wildman–Crippen LogP) is 1.22. The molecule has 0 aliphatic carbocycles. The molecule has 7 heteroatoms. The van der Waals surface area contributed by atoms with Crippen LogP contribution in [0.5, 0.6) is 0 Å². The van der Waals surface area contributed by atoms with Crippen molar-refractivity contribution in [1.29, 1.82) is 0 Å². The summed E-state index contributed by atoms with van der Waals surface area (Å²) in [5, 5.41) is 0. The molecule has 0 aromatic heterocycles. The lowest BCUT2D eigenvalue weighted by Crippen LogP contribution is -2.19.